The first-order valence-electron chi connectivity index (χ1n) is 11.1. The summed E-state index contributed by atoms with van der Waals surface area (Å²) in [5.74, 6) is 1.43. The summed E-state index contributed by atoms with van der Waals surface area (Å²) in [7, 11) is 1.80. The van der Waals surface area contributed by atoms with Crippen molar-refractivity contribution in [2.24, 2.45) is 10.9 Å². The van der Waals surface area contributed by atoms with E-state index >= 15 is 0 Å². The minimum atomic E-state index is 0.265. The van der Waals surface area contributed by atoms with Crippen LogP contribution in [0.4, 0.5) is 0 Å². The zero-order chi connectivity index (χ0) is 20.8. The quantitative estimate of drug-likeness (QED) is 0.568. The lowest BCUT2D eigenvalue weighted by Gasteiger charge is -2.21. The van der Waals surface area contributed by atoms with Gasteiger partial charge >= 0.3 is 0 Å². The van der Waals surface area contributed by atoms with E-state index in [1.807, 2.05) is 21.8 Å². The fourth-order valence-corrected chi connectivity index (χ4v) is 4.46. The Labute approximate surface area is 178 Å². The van der Waals surface area contributed by atoms with Gasteiger partial charge in [-0.15, -0.1) is 0 Å². The molecule has 0 radical (unpaired) electrons. The molecule has 2 aromatic rings. The lowest BCUT2D eigenvalue weighted by atomic mass is 10.1. The van der Waals surface area contributed by atoms with Crippen molar-refractivity contribution in [2.45, 2.75) is 44.6 Å². The number of aromatic nitrogens is 2. The van der Waals surface area contributed by atoms with Gasteiger partial charge in [0.1, 0.15) is 0 Å². The van der Waals surface area contributed by atoms with E-state index in [1.54, 1.807) is 13.2 Å². The Bertz CT molecular complexity index is 839. The van der Waals surface area contributed by atoms with E-state index in [4.69, 9.17) is 0 Å². The van der Waals surface area contributed by atoms with Crippen molar-refractivity contribution in [3.8, 4) is 5.69 Å². The van der Waals surface area contributed by atoms with Crippen molar-refractivity contribution >= 4 is 11.9 Å². The maximum Gasteiger partial charge on any atom is 0.225 e. The van der Waals surface area contributed by atoms with Crippen molar-refractivity contribution in [3.05, 3.63) is 48.3 Å². The van der Waals surface area contributed by atoms with Gasteiger partial charge in [0.2, 0.25) is 5.91 Å². The Morgan fingerprint density at radius 1 is 1.20 bits per heavy atom. The molecule has 160 valence electrons. The predicted molar refractivity (Wildman–Crippen MR) is 119 cm³/mol. The molecule has 4 rings (SSSR count). The van der Waals surface area contributed by atoms with Gasteiger partial charge in [0.25, 0.3) is 0 Å². The van der Waals surface area contributed by atoms with Crippen LogP contribution in [-0.4, -0.2) is 59.3 Å². The number of aliphatic imine (C=N–C) groups is 1. The number of guanidine groups is 1. The highest BCUT2D eigenvalue weighted by atomic mass is 16.2. The van der Waals surface area contributed by atoms with Gasteiger partial charge in [-0.05, 0) is 49.4 Å². The molecule has 1 saturated carbocycles. The summed E-state index contributed by atoms with van der Waals surface area (Å²) in [6.45, 7) is 2.44. The molecule has 0 spiro atoms. The maximum atomic E-state index is 12.6. The fourth-order valence-electron chi connectivity index (χ4n) is 4.46. The molecule has 1 aliphatic heterocycles. The lowest BCUT2D eigenvalue weighted by molar-refractivity contribution is -0.134. The molecule has 1 aromatic heterocycles. The second kappa shape index (κ2) is 9.78. The van der Waals surface area contributed by atoms with E-state index in [0.29, 0.717) is 5.91 Å². The Morgan fingerprint density at radius 2 is 2.00 bits per heavy atom. The summed E-state index contributed by atoms with van der Waals surface area (Å²) in [5.41, 5.74) is 2.33. The van der Waals surface area contributed by atoms with E-state index < -0.39 is 0 Å². The standard InChI is InChI=1S/C23H32N6O/c1-24-23(27-20-12-16-28(17-20)22(30)19-5-2-3-6-19)25-14-11-18-7-9-21(10-8-18)29-15-4-13-26-29/h4,7-10,13,15,19-20H,2-3,5-6,11-12,14,16-17H2,1H3,(H2,24,25,27). The molecule has 1 aliphatic carbocycles. The predicted octanol–water partition coefficient (Wildman–Crippen LogP) is 2.37. The summed E-state index contributed by atoms with van der Waals surface area (Å²) in [5, 5.41) is 11.1. The van der Waals surface area contributed by atoms with Crippen LogP contribution in [0, 0.1) is 5.92 Å². The molecule has 2 N–H and O–H groups in total. The molecule has 2 fully saturated rings. The van der Waals surface area contributed by atoms with Crippen LogP contribution in [0.25, 0.3) is 5.69 Å². The molecule has 1 amide bonds. The molecule has 2 heterocycles. The number of hydrogen-bond acceptors (Lipinski definition) is 3. The number of nitrogens with zero attached hydrogens (tertiary/aromatic N) is 4. The highest BCUT2D eigenvalue weighted by Crippen LogP contribution is 2.27. The first-order valence-corrected chi connectivity index (χ1v) is 11.1. The minimum Gasteiger partial charge on any atom is -0.356 e. The van der Waals surface area contributed by atoms with Crippen molar-refractivity contribution in [1.82, 2.24) is 25.3 Å². The molecule has 7 heteroatoms. The molecule has 0 bridgehead atoms. The van der Waals surface area contributed by atoms with Gasteiger partial charge in [-0.3, -0.25) is 9.79 Å². The molecule has 1 saturated heterocycles. The van der Waals surface area contributed by atoms with Crippen molar-refractivity contribution < 1.29 is 4.79 Å². The zero-order valence-electron chi connectivity index (χ0n) is 17.8. The molecular weight excluding hydrogens is 376 g/mol. The first-order chi connectivity index (χ1) is 14.7. The summed E-state index contributed by atoms with van der Waals surface area (Å²) in [6, 6.07) is 10.6. The smallest absolute Gasteiger partial charge is 0.225 e. The van der Waals surface area contributed by atoms with Crippen LogP contribution in [0.15, 0.2) is 47.7 Å². The van der Waals surface area contributed by atoms with Crippen LogP contribution in [0.3, 0.4) is 0 Å². The molecule has 30 heavy (non-hydrogen) atoms. The number of benzene rings is 1. The highest BCUT2D eigenvalue weighted by Gasteiger charge is 2.32. The molecule has 1 atom stereocenters. The van der Waals surface area contributed by atoms with E-state index in [1.165, 1.54) is 18.4 Å². The van der Waals surface area contributed by atoms with Gasteiger partial charge in [0, 0.05) is 51.0 Å². The third-order valence-corrected chi connectivity index (χ3v) is 6.18. The summed E-state index contributed by atoms with van der Waals surface area (Å²) in [4.78, 5) is 19.0. The Balaban J connectivity index is 1.20. The minimum absolute atomic E-state index is 0.265. The molecule has 7 nitrogen and oxygen atoms in total. The van der Waals surface area contributed by atoms with Gasteiger partial charge in [-0.25, -0.2) is 4.68 Å². The largest absolute Gasteiger partial charge is 0.356 e. The second-order valence-corrected chi connectivity index (χ2v) is 8.26. The molecular formula is C23H32N6O. The van der Waals surface area contributed by atoms with Crippen molar-refractivity contribution in [3.63, 3.8) is 0 Å². The fraction of sp³-hybridized carbons (Fsp3) is 0.522. The van der Waals surface area contributed by atoms with E-state index in [0.717, 1.165) is 57.0 Å². The van der Waals surface area contributed by atoms with Crippen LogP contribution in [0.5, 0.6) is 0 Å². The number of nitrogens with one attached hydrogen (secondary N) is 2. The second-order valence-electron chi connectivity index (χ2n) is 8.26. The van der Waals surface area contributed by atoms with E-state index in [-0.39, 0.29) is 12.0 Å². The van der Waals surface area contributed by atoms with Crippen LogP contribution >= 0.6 is 0 Å². The third kappa shape index (κ3) is 5.01. The Morgan fingerprint density at radius 3 is 2.70 bits per heavy atom. The monoisotopic (exact) mass is 408 g/mol. The summed E-state index contributed by atoms with van der Waals surface area (Å²) >= 11 is 0. The topological polar surface area (TPSA) is 74.6 Å². The number of amides is 1. The maximum absolute atomic E-state index is 12.6. The zero-order valence-corrected chi connectivity index (χ0v) is 17.8. The van der Waals surface area contributed by atoms with Gasteiger partial charge in [-0.2, -0.15) is 5.10 Å². The van der Waals surface area contributed by atoms with Gasteiger partial charge in [0.05, 0.1) is 5.69 Å². The Hall–Kier alpha value is -2.83. The number of carbonyl (C=O) groups excluding carboxylic acids is 1. The van der Waals surface area contributed by atoms with Crippen molar-refractivity contribution in [2.75, 3.05) is 26.7 Å². The molecule has 1 unspecified atom stereocenters. The third-order valence-electron chi connectivity index (χ3n) is 6.18. The van der Waals surface area contributed by atoms with E-state index in [9.17, 15) is 4.79 Å². The number of likely N-dealkylation sites (tertiary alicyclic amines) is 1. The molecule has 1 aromatic carbocycles. The normalized spacial score (nSPS) is 20.0. The average Bonchev–Trinajstić information content (AvgIpc) is 3.56. The Kier molecular flexibility index (Phi) is 6.67. The average molecular weight is 409 g/mol. The molecule has 2 aliphatic rings. The lowest BCUT2D eigenvalue weighted by Crippen LogP contribution is -2.45. The first kappa shape index (κ1) is 20.4. The van der Waals surface area contributed by atoms with E-state index in [2.05, 4.69) is 45.0 Å². The highest BCUT2D eigenvalue weighted by molar-refractivity contribution is 5.81. The van der Waals surface area contributed by atoms with Gasteiger partial charge in [0.15, 0.2) is 5.96 Å². The van der Waals surface area contributed by atoms with Crippen LogP contribution in [-0.2, 0) is 11.2 Å². The number of rotatable bonds is 6. The summed E-state index contributed by atoms with van der Waals surface area (Å²) < 4.78 is 1.86. The van der Waals surface area contributed by atoms with Crippen LogP contribution in [0.2, 0.25) is 0 Å². The number of hydrogen-bond donors (Lipinski definition) is 2. The van der Waals surface area contributed by atoms with Gasteiger partial charge < -0.3 is 15.5 Å². The SMILES string of the molecule is CN=C(NCCc1ccc(-n2cccn2)cc1)NC1CCN(C(=O)C2CCCC2)C1. The van der Waals surface area contributed by atoms with Crippen LogP contribution in [0.1, 0.15) is 37.7 Å². The van der Waals surface area contributed by atoms with Crippen LogP contribution < -0.4 is 10.6 Å². The summed E-state index contributed by atoms with van der Waals surface area (Å²) in [6.07, 6.45) is 10.2. The van der Waals surface area contributed by atoms with Gasteiger partial charge in [-0.1, -0.05) is 25.0 Å². The van der Waals surface area contributed by atoms with Crippen molar-refractivity contribution in [1.29, 1.82) is 0 Å². The number of carbonyl (C=O) groups is 1.